The molecule has 2 heterocycles. The van der Waals surface area contributed by atoms with Crippen molar-refractivity contribution in [2.45, 2.75) is 58.6 Å². The number of hydrogen-bond acceptors (Lipinski definition) is 8. The molecule has 1 saturated heterocycles. The first kappa shape index (κ1) is 31.1. The lowest BCUT2D eigenvalue weighted by Crippen LogP contribution is -2.48. The zero-order valence-electron chi connectivity index (χ0n) is 24.5. The number of hydrazine groups is 1. The smallest absolute Gasteiger partial charge is 0.243 e. The number of amides is 2. The minimum Gasteiger partial charge on any atom is -0.352 e. The minimum atomic E-state index is -0.630. The third-order valence-electron chi connectivity index (χ3n) is 8.33. The average Bonchev–Trinajstić information content (AvgIpc) is 3.57. The summed E-state index contributed by atoms with van der Waals surface area (Å²) in [5, 5.41) is 1.17. The Kier molecular flexibility index (Phi) is 10.5. The monoisotopic (exact) mass is 591 g/mol. The zero-order chi connectivity index (χ0) is 29.6. The molecule has 1 aromatic rings. The normalized spacial score (nSPS) is 21.7. The molecule has 2 amide bonds. The van der Waals surface area contributed by atoms with Gasteiger partial charge in [-0.05, 0) is 37.4 Å². The summed E-state index contributed by atoms with van der Waals surface area (Å²) in [6, 6.07) is 9.73. The second-order valence-electron chi connectivity index (χ2n) is 12.2. The average molecular weight is 592 g/mol. The van der Waals surface area contributed by atoms with Crippen molar-refractivity contribution in [2.75, 3.05) is 40.4 Å². The number of amidine groups is 1. The summed E-state index contributed by atoms with van der Waals surface area (Å²) in [4.78, 5) is 39.4. The second-order valence-corrected chi connectivity index (χ2v) is 12.6. The Morgan fingerprint density at radius 3 is 2.61 bits per heavy atom. The van der Waals surface area contributed by atoms with Crippen LogP contribution in [-0.4, -0.2) is 83.9 Å². The number of likely N-dealkylation sites (tertiary alicyclic amines) is 1. The molecule has 1 aromatic carbocycles. The van der Waals surface area contributed by atoms with Crippen molar-refractivity contribution in [3.63, 3.8) is 0 Å². The lowest BCUT2D eigenvalue weighted by atomic mass is 9.87. The van der Waals surface area contributed by atoms with Crippen molar-refractivity contribution in [2.24, 2.45) is 22.2 Å². The first-order chi connectivity index (χ1) is 19.6. The van der Waals surface area contributed by atoms with E-state index in [2.05, 4.69) is 34.6 Å². The van der Waals surface area contributed by atoms with E-state index in [1.807, 2.05) is 49.3 Å². The Balaban J connectivity index is 1.42. The highest BCUT2D eigenvalue weighted by Crippen LogP contribution is 2.35. The summed E-state index contributed by atoms with van der Waals surface area (Å²) < 4.78 is 16.9. The molecule has 2 atom stereocenters. The van der Waals surface area contributed by atoms with E-state index in [4.69, 9.17) is 16.6 Å². The van der Waals surface area contributed by atoms with Crippen LogP contribution >= 0.6 is 11.8 Å². The fourth-order valence-corrected chi connectivity index (χ4v) is 6.36. The van der Waals surface area contributed by atoms with Crippen LogP contribution in [0.4, 0.5) is 4.39 Å². The second kappa shape index (κ2) is 13.8. The van der Waals surface area contributed by atoms with Crippen molar-refractivity contribution in [1.82, 2.24) is 30.1 Å². The standard InChI is InChI=1S/C29H43ClFN7O3/c1-29(2)18-36(16-24(29)35(3)4)26-25(31)27(38(30)19-32-26)33-34-28(40)23(14-21-10-8-9-11-21)15-37(20-39)41-17-22-12-6-5-7-13-22/h5-7,12-13,20-21,23-24,33H,8-11,14-19H2,1-4H3,(H,34,40)/t23-,24?/m1/s1. The fraction of sp³-hybridized carbons (Fsp3) is 0.621. The van der Waals surface area contributed by atoms with Gasteiger partial charge in [-0.2, -0.15) is 4.39 Å². The molecule has 2 aliphatic heterocycles. The van der Waals surface area contributed by atoms with Gasteiger partial charge in [-0.25, -0.2) is 14.5 Å². The lowest BCUT2D eigenvalue weighted by Gasteiger charge is -2.30. The van der Waals surface area contributed by atoms with Crippen LogP contribution in [-0.2, 0) is 21.0 Å². The molecule has 2 N–H and O–H groups in total. The fourth-order valence-electron chi connectivity index (χ4n) is 6.19. The van der Waals surface area contributed by atoms with Gasteiger partial charge in [0, 0.05) is 30.9 Å². The van der Waals surface area contributed by atoms with Crippen LogP contribution < -0.4 is 10.9 Å². The topological polar surface area (TPSA) is 92.8 Å². The highest BCUT2D eigenvalue weighted by atomic mass is 35.5. The van der Waals surface area contributed by atoms with E-state index < -0.39 is 11.7 Å². The number of hydroxylamine groups is 2. The quantitative estimate of drug-likeness (QED) is 0.218. The van der Waals surface area contributed by atoms with Gasteiger partial charge in [0.15, 0.2) is 11.7 Å². The maximum atomic E-state index is 15.8. The van der Waals surface area contributed by atoms with Gasteiger partial charge in [0.25, 0.3) is 0 Å². The largest absolute Gasteiger partial charge is 0.352 e. The number of nitrogens with one attached hydrogen (secondary N) is 2. The van der Waals surface area contributed by atoms with Crippen LogP contribution in [0.3, 0.4) is 0 Å². The molecule has 1 aliphatic carbocycles. The van der Waals surface area contributed by atoms with Gasteiger partial charge >= 0.3 is 0 Å². The molecule has 0 bridgehead atoms. The summed E-state index contributed by atoms with van der Waals surface area (Å²) in [7, 11) is 4.04. The molecule has 0 radical (unpaired) electrons. The van der Waals surface area contributed by atoms with Gasteiger partial charge in [0.1, 0.15) is 13.3 Å². The van der Waals surface area contributed by atoms with Crippen LogP contribution in [0, 0.1) is 17.3 Å². The SMILES string of the molecule is CN(C)C1CN(C2=NCN(Cl)C(NNC(=O)[C@H](CC3CCCC3)CN(C=O)OCc3ccccc3)=C2F)CC1(C)C. The molecule has 41 heavy (non-hydrogen) atoms. The predicted molar refractivity (Wildman–Crippen MR) is 156 cm³/mol. The van der Waals surface area contributed by atoms with Crippen LogP contribution in [0.2, 0.25) is 0 Å². The molecular weight excluding hydrogens is 549 g/mol. The van der Waals surface area contributed by atoms with Crippen LogP contribution in [0.5, 0.6) is 0 Å². The lowest BCUT2D eigenvalue weighted by molar-refractivity contribution is -0.182. The minimum absolute atomic E-state index is 0.0316. The summed E-state index contributed by atoms with van der Waals surface area (Å²) >= 11 is 6.30. The van der Waals surface area contributed by atoms with Crippen molar-refractivity contribution in [3.8, 4) is 0 Å². The van der Waals surface area contributed by atoms with Crippen molar-refractivity contribution in [1.29, 1.82) is 0 Å². The highest BCUT2D eigenvalue weighted by Gasteiger charge is 2.43. The third kappa shape index (κ3) is 7.90. The Hall–Kier alpha value is -2.89. The van der Waals surface area contributed by atoms with E-state index in [-0.39, 0.29) is 48.8 Å². The molecule has 12 heteroatoms. The van der Waals surface area contributed by atoms with Crippen molar-refractivity contribution < 1.29 is 18.8 Å². The molecule has 2 fully saturated rings. The van der Waals surface area contributed by atoms with Gasteiger partial charge < -0.3 is 9.80 Å². The Morgan fingerprint density at radius 1 is 1.27 bits per heavy atom. The Labute approximate surface area is 247 Å². The van der Waals surface area contributed by atoms with Crippen molar-refractivity contribution >= 4 is 29.9 Å². The van der Waals surface area contributed by atoms with Gasteiger partial charge in [0.2, 0.25) is 18.1 Å². The van der Waals surface area contributed by atoms with Crippen LogP contribution in [0.25, 0.3) is 0 Å². The number of likely N-dealkylation sites (N-methyl/N-ethyl adjacent to an activating group) is 1. The molecule has 3 aliphatic rings. The summed E-state index contributed by atoms with van der Waals surface area (Å²) in [6.07, 6.45) is 5.53. The first-order valence-corrected chi connectivity index (χ1v) is 14.7. The Morgan fingerprint density at radius 2 is 1.98 bits per heavy atom. The van der Waals surface area contributed by atoms with E-state index in [1.165, 1.54) is 5.06 Å². The number of aliphatic imine (C=N–C) groups is 1. The molecule has 4 rings (SSSR count). The van der Waals surface area contributed by atoms with E-state index in [0.717, 1.165) is 35.7 Å². The van der Waals surface area contributed by atoms with E-state index in [0.29, 0.717) is 31.8 Å². The number of carbonyl (C=O) groups is 2. The van der Waals surface area contributed by atoms with Gasteiger partial charge in [0.05, 0.1) is 12.5 Å². The number of halogens is 2. The molecular formula is C29H43ClFN7O3. The first-order valence-electron chi connectivity index (χ1n) is 14.3. The van der Waals surface area contributed by atoms with Gasteiger partial charge in [-0.15, -0.1) is 0 Å². The maximum absolute atomic E-state index is 15.8. The van der Waals surface area contributed by atoms with Gasteiger partial charge in [-0.1, -0.05) is 69.9 Å². The molecule has 1 unspecified atom stereocenters. The number of nitrogens with zero attached hydrogens (tertiary/aromatic N) is 5. The van der Waals surface area contributed by atoms with Gasteiger partial charge in [-0.3, -0.25) is 25.3 Å². The van der Waals surface area contributed by atoms with Crippen molar-refractivity contribution in [3.05, 3.63) is 47.5 Å². The van der Waals surface area contributed by atoms with E-state index in [1.54, 1.807) is 0 Å². The third-order valence-corrected chi connectivity index (χ3v) is 8.61. The van der Waals surface area contributed by atoms with Crippen LogP contribution in [0.1, 0.15) is 51.5 Å². The molecule has 10 nitrogen and oxygen atoms in total. The number of benzene rings is 1. The summed E-state index contributed by atoms with van der Waals surface area (Å²) in [5.74, 6) is -1.02. The van der Waals surface area contributed by atoms with E-state index >= 15 is 4.39 Å². The van der Waals surface area contributed by atoms with Crippen LogP contribution in [0.15, 0.2) is 47.0 Å². The molecule has 226 valence electrons. The number of rotatable bonds is 12. The molecule has 0 aromatic heterocycles. The molecule has 1 saturated carbocycles. The highest BCUT2D eigenvalue weighted by molar-refractivity contribution is 6.15. The molecule has 0 spiro atoms. The number of carbonyl (C=O) groups excluding carboxylic acids is 2. The number of hydrogen-bond donors (Lipinski definition) is 2. The zero-order valence-corrected chi connectivity index (χ0v) is 25.2. The summed E-state index contributed by atoms with van der Waals surface area (Å²) in [6.45, 7) is 5.90. The predicted octanol–water partition coefficient (Wildman–Crippen LogP) is 3.63. The van der Waals surface area contributed by atoms with E-state index in [9.17, 15) is 9.59 Å². The Bertz CT molecular complexity index is 1110. The maximum Gasteiger partial charge on any atom is 0.243 e. The summed E-state index contributed by atoms with van der Waals surface area (Å²) in [5.41, 5.74) is 6.22.